The topological polar surface area (TPSA) is 94.1 Å². The minimum atomic E-state index is -0.435. The third kappa shape index (κ3) is 5.64. The fourth-order valence-corrected chi connectivity index (χ4v) is 4.66. The van der Waals surface area contributed by atoms with Crippen LogP contribution in [-0.4, -0.2) is 39.9 Å². The van der Waals surface area contributed by atoms with Gasteiger partial charge in [-0.3, -0.25) is 4.79 Å². The molecule has 172 valence electrons. The summed E-state index contributed by atoms with van der Waals surface area (Å²) in [5.41, 5.74) is 3.33. The average molecular weight is 495 g/mol. The number of amides is 1. The lowest BCUT2D eigenvalue weighted by Crippen LogP contribution is -2.14. The number of aromatic nitrogens is 3. The van der Waals surface area contributed by atoms with E-state index in [2.05, 4.69) is 25.2 Å². The van der Waals surface area contributed by atoms with Crippen molar-refractivity contribution < 1.29 is 18.7 Å². The maximum atomic E-state index is 13.2. The molecule has 2 aromatic heterocycles. The van der Waals surface area contributed by atoms with E-state index in [0.717, 1.165) is 21.1 Å². The molecule has 0 bridgehead atoms. The molecule has 0 aliphatic carbocycles. The summed E-state index contributed by atoms with van der Waals surface area (Å²) in [6.45, 7) is 1.89. The normalized spacial score (nSPS) is 10.7. The summed E-state index contributed by atoms with van der Waals surface area (Å²) in [7, 11) is 1.31. The van der Waals surface area contributed by atoms with Crippen molar-refractivity contribution in [1.29, 1.82) is 0 Å². The molecule has 0 saturated heterocycles. The molecule has 4 rings (SSSR count). The van der Waals surface area contributed by atoms with E-state index in [9.17, 15) is 14.0 Å². The van der Waals surface area contributed by atoms with Crippen molar-refractivity contribution in [2.24, 2.45) is 0 Å². The van der Waals surface area contributed by atoms with Crippen molar-refractivity contribution in [3.63, 3.8) is 0 Å². The maximum absolute atomic E-state index is 13.2. The molecule has 7 nitrogen and oxygen atoms in total. The Hall–Kier alpha value is -3.63. The second kappa shape index (κ2) is 10.5. The molecule has 4 aromatic rings. The predicted molar refractivity (Wildman–Crippen MR) is 130 cm³/mol. The van der Waals surface area contributed by atoms with Gasteiger partial charge in [0.1, 0.15) is 21.5 Å². The van der Waals surface area contributed by atoms with Gasteiger partial charge in [-0.15, -0.1) is 21.5 Å². The van der Waals surface area contributed by atoms with Gasteiger partial charge in [0.25, 0.3) is 0 Å². The molecule has 1 amide bonds. The third-order valence-corrected chi connectivity index (χ3v) is 6.85. The highest BCUT2D eigenvalue weighted by molar-refractivity contribution is 7.99. The second-order valence-corrected chi connectivity index (χ2v) is 9.10. The molecule has 2 aromatic carbocycles. The third-order valence-electron chi connectivity index (χ3n) is 4.70. The van der Waals surface area contributed by atoms with Crippen LogP contribution < -0.4 is 5.32 Å². The van der Waals surface area contributed by atoms with Gasteiger partial charge in [-0.05, 0) is 67.6 Å². The van der Waals surface area contributed by atoms with Crippen LogP contribution in [0.1, 0.15) is 16.1 Å². The first-order valence-corrected chi connectivity index (χ1v) is 11.9. The number of thioether (sulfide) groups is 1. The fourth-order valence-electron chi connectivity index (χ4n) is 3.01. The zero-order chi connectivity index (χ0) is 24.1. The van der Waals surface area contributed by atoms with Gasteiger partial charge in [0.05, 0.1) is 29.0 Å². The standard InChI is InChI=1S/C24H19FN4O3S2/c1-14-22(34-23(26-14)15-3-7-17(25)8-4-15)19-11-12-21(29-28-19)33-13-20(30)27-18-9-5-16(6-10-18)24(31)32-2/h3-12H,13H2,1-2H3,(H,27,30). The van der Waals surface area contributed by atoms with E-state index in [-0.39, 0.29) is 17.5 Å². The van der Waals surface area contributed by atoms with Crippen LogP contribution in [0.5, 0.6) is 0 Å². The Kier molecular flexibility index (Phi) is 7.29. The number of hydrogen-bond acceptors (Lipinski definition) is 8. The Labute approximate surface area is 203 Å². The van der Waals surface area contributed by atoms with Gasteiger partial charge < -0.3 is 10.1 Å². The highest BCUT2D eigenvalue weighted by Crippen LogP contribution is 2.34. The summed E-state index contributed by atoms with van der Waals surface area (Å²) < 4.78 is 17.8. The van der Waals surface area contributed by atoms with Gasteiger partial charge in [-0.2, -0.15) is 0 Å². The van der Waals surface area contributed by atoms with Gasteiger partial charge in [-0.1, -0.05) is 11.8 Å². The molecule has 0 fully saturated rings. The first-order valence-electron chi connectivity index (χ1n) is 10.1. The van der Waals surface area contributed by atoms with Gasteiger partial charge in [0.2, 0.25) is 5.91 Å². The largest absolute Gasteiger partial charge is 0.465 e. The summed E-state index contributed by atoms with van der Waals surface area (Å²) in [5.74, 6) is -0.776. The maximum Gasteiger partial charge on any atom is 0.337 e. The van der Waals surface area contributed by atoms with Crippen molar-refractivity contribution >= 4 is 40.7 Å². The van der Waals surface area contributed by atoms with Crippen LogP contribution in [0.15, 0.2) is 65.7 Å². The molecule has 10 heteroatoms. The Morgan fingerprint density at radius 3 is 2.41 bits per heavy atom. The highest BCUT2D eigenvalue weighted by Gasteiger charge is 2.14. The van der Waals surface area contributed by atoms with E-state index in [1.807, 2.05) is 19.1 Å². The van der Waals surface area contributed by atoms with E-state index < -0.39 is 5.97 Å². The summed E-state index contributed by atoms with van der Waals surface area (Å²) >= 11 is 2.73. The number of anilines is 1. The fraction of sp³-hybridized carbons (Fsp3) is 0.125. The monoisotopic (exact) mass is 494 g/mol. The molecular weight excluding hydrogens is 475 g/mol. The minimum absolute atomic E-state index is 0.154. The zero-order valence-electron chi connectivity index (χ0n) is 18.2. The molecule has 0 atom stereocenters. The number of ether oxygens (including phenoxy) is 1. The Bertz CT molecular complexity index is 1310. The lowest BCUT2D eigenvalue weighted by Gasteiger charge is -2.06. The number of halogens is 1. The molecule has 0 unspecified atom stereocenters. The lowest BCUT2D eigenvalue weighted by atomic mass is 10.2. The summed E-state index contributed by atoms with van der Waals surface area (Å²) in [5, 5.41) is 12.7. The molecule has 1 N–H and O–H groups in total. The zero-order valence-corrected chi connectivity index (χ0v) is 19.9. The number of hydrogen-bond donors (Lipinski definition) is 1. The number of esters is 1. The molecule has 0 spiro atoms. The van der Waals surface area contributed by atoms with Gasteiger partial charge in [-0.25, -0.2) is 14.2 Å². The number of carbonyl (C=O) groups is 2. The van der Waals surface area contributed by atoms with E-state index in [1.54, 1.807) is 36.4 Å². The van der Waals surface area contributed by atoms with Crippen LogP contribution in [0, 0.1) is 12.7 Å². The van der Waals surface area contributed by atoms with Crippen LogP contribution in [0.4, 0.5) is 10.1 Å². The first-order chi connectivity index (χ1) is 16.4. The molecule has 2 heterocycles. The van der Waals surface area contributed by atoms with Gasteiger partial charge in [0, 0.05) is 11.3 Å². The Balaban J connectivity index is 1.35. The smallest absolute Gasteiger partial charge is 0.337 e. The molecule has 0 aliphatic heterocycles. The number of nitrogens with zero attached hydrogens (tertiary/aromatic N) is 3. The average Bonchev–Trinajstić information content (AvgIpc) is 3.25. The van der Waals surface area contributed by atoms with Crippen molar-refractivity contribution in [3.8, 4) is 21.1 Å². The van der Waals surface area contributed by atoms with Crippen LogP contribution >= 0.6 is 23.1 Å². The van der Waals surface area contributed by atoms with Crippen molar-refractivity contribution in [1.82, 2.24) is 15.2 Å². The van der Waals surface area contributed by atoms with Crippen molar-refractivity contribution in [3.05, 3.63) is 77.7 Å². The Morgan fingerprint density at radius 2 is 1.76 bits per heavy atom. The summed E-state index contributed by atoms with van der Waals surface area (Å²) in [4.78, 5) is 29.2. The number of thiazole rings is 1. The van der Waals surface area contributed by atoms with Crippen molar-refractivity contribution in [2.45, 2.75) is 11.9 Å². The molecule has 34 heavy (non-hydrogen) atoms. The van der Waals surface area contributed by atoms with E-state index in [4.69, 9.17) is 0 Å². The number of methoxy groups -OCH3 is 1. The molecule has 0 radical (unpaired) electrons. The molecule has 0 saturated carbocycles. The van der Waals surface area contributed by atoms with Crippen molar-refractivity contribution in [2.75, 3.05) is 18.2 Å². The van der Waals surface area contributed by atoms with Crippen LogP contribution in [0.3, 0.4) is 0 Å². The SMILES string of the molecule is COC(=O)c1ccc(NC(=O)CSc2ccc(-c3sc(-c4ccc(F)cc4)nc3C)nn2)cc1. The van der Waals surface area contributed by atoms with Gasteiger partial charge in [0.15, 0.2) is 0 Å². The summed E-state index contributed by atoms with van der Waals surface area (Å²) in [6.07, 6.45) is 0. The Morgan fingerprint density at radius 1 is 1.03 bits per heavy atom. The van der Waals surface area contributed by atoms with Gasteiger partial charge >= 0.3 is 5.97 Å². The molecular formula is C24H19FN4O3S2. The number of aryl methyl sites for hydroxylation is 1. The highest BCUT2D eigenvalue weighted by atomic mass is 32.2. The minimum Gasteiger partial charge on any atom is -0.465 e. The lowest BCUT2D eigenvalue weighted by molar-refractivity contribution is -0.113. The number of carbonyl (C=O) groups excluding carboxylic acids is 2. The van der Waals surface area contributed by atoms with E-state index in [1.165, 1.54) is 42.3 Å². The number of nitrogens with one attached hydrogen (secondary N) is 1. The first kappa shape index (κ1) is 23.5. The predicted octanol–water partition coefficient (Wildman–Crippen LogP) is 5.23. The van der Waals surface area contributed by atoms with Crippen LogP contribution in [0.25, 0.3) is 21.1 Å². The number of benzene rings is 2. The van der Waals surface area contributed by atoms with E-state index >= 15 is 0 Å². The quantitative estimate of drug-likeness (QED) is 0.278. The summed E-state index contributed by atoms with van der Waals surface area (Å²) in [6, 6.07) is 16.3. The number of rotatable bonds is 7. The van der Waals surface area contributed by atoms with E-state index in [0.29, 0.717) is 22.0 Å². The van der Waals surface area contributed by atoms with Crippen LogP contribution in [0.2, 0.25) is 0 Å². The van der Waals surface area contributed by atoms with Crippen LogP contribution in [-0.2, 0) is 9.53 Å². The second-order valence-electron chi connectivity index (χ2n) is 7.10. The molecule has 0 aliphatic rings.